The predicted octanol–water partition coefficient (Wildman–Crippen LogP) is 12.4. The highest BCUT2D eigenvalue weighted by Gasteiger charge is 2.19. The van der Waals surface area contributed by atoms with Crippen molar-refractivity contribution in [2.45, 2.75) is 6.92 Å². The van der Waals surface area contributed by atoms with Crippen molar-refractivity contribution in [2.75, 3.05) is 0 Å². The summed E-state index contributed by atoms with van der Waals surface area (Å²) < 4.78 is 224. The zero-order chi connectivity index (χ0) is 55.4. The van der Waals surface area contributed by atoms with E-state index in [0.717, 1.165) is 11.3 Å². The van der Waals surface area contributed by atoms with Gasteiger partial charge in [0, 0.05) is 58.4 Å². The van der Waals surface area contributed by atoms with Crippen LogP contribution in [-0.2, 0) is 0 Å². The molecule has 0 saturated heterocycles. The van der Waals surface area contributed by atoms with Crippen LogP contribution in [0.5, 0.6) is 0 Å². The van der Waals surface area contributed by atoms with E-state index in [0.29, 0.717) is 0 Å². The molecule has 11 aromatic rings. The van der Waals surface area contributed by atoms with Crippen molar-refractivity contribution in [3.63, 3.8) is 0 Å². The summed E-state index contributed by atoms with van der Waals surface area (Å²) in [5.41, 5.74) is -3.85. The number of benzene rings is 7. The first-order valence-corrected chi connectivity index (χ1v) is 16.0. The minimum absolute atomic E-state index is 0.0326. The average molecular weight is 694 g/mol. The third-order valence-corrected chi connectivity index (χ3v) is 9.32. The third kappa shape index (κ3) is 4.35. The molecule has 0 fully saturated rings. The minimum Gasteiger partial charge on any atom is -0.308 e. The normalized spacial score (nSPS) is 18.9. The van der Waals surface area contributed by atoms with Crippen molar-refractivity contribution in [2.24, 2.45) is 0 Å². The molecule has 0 amide bonds. The van der Waals surface area contributed by atoms with E-state index >= 15 is 0 Å². The average Bonchev–Trinajstić information content (AvgIpc) is 3.93. The van der Waals surface area contributed by atoms with Crippen LogP contribution in [0.3, 0.4) is 0 Å². The minimum atomic E-state index is -0.954. The molecule has 4 nitrogen and oxygen atoms in total. The third-order valence-electron chi connectivity index (χ3n) is 8.30. The van der Waals surface area contributed by atoms with Gasteiger partial charge in [0.1, 0.15) is 0 Å². The lowest BCUT2D eigenvalue weighted by molar-refractivity contribution is 1.07. The molecule has 0 spiro atoms. The van der Waals surface area contributed by atoms with Crippen molar-refractivity contribution < 1.29 is 34.3 Å². The molecule has 0 atom stereocenters. The van der Waals surface area contributed by atoms with Crippen LogP contribution in [0.2, 0.25) is 0 Å². The Morgan fingerprint density at radius 3 is 1.88 bits per heavy atom. The van der Waals surface area contributed by atoms with Crippen molar-refractivity contribution in [1.29, 1.82) is 0 Å². The van der Waals surface area contributed by atoms with Crippen LogP contribution in [0.1, 0.15) is 39.8 Å². The number of thiophene rings is 1. The lowest BCUT2D eigenvalue weighted by Crippen LogP contribution is -2.00. The van der Waals surface area contributed by atoms with Crippen LogP contribution in [0.25, 0.3) is 104 Å². The Morgan fingerprint density at radius 2 is 1.04 bits per heavy atom. The van der Waals surface area contributed by atoms with Crippen molar-refractivity contribution in [3.8, 4) is 45.3 Å². The molecule has 0 saturated carbocycles. The molecule has 5 heteroatoms. The molecule has 4 heterocycles. The van der Waals surface area contributed by atoms with Gasteiger partial charge in [0.2, 0.25) is 0 Å². The maximum atomic E-state index is 9.88. The number of rotatable bonds is 4. The summed E-state index contributed by atoms with van der Waals surface area (Å²) in [6.45, 7) is 1.31. The van der Waals surface area contributed by atoms with Gasteiger partial charge >= 0.3 is 0 Å². The highest BCUT2D eigenvalue weighted by atomic mass is 32.1. The van der Waals surface area contributed by atoms with Gasteiger partial charge in [-0.05, 0) is 60.3 Å². The molecule has 0 N–H and O–H groups in total. The second kappa shape index (κ2) is 10.8. The van der Waals surface area contributed by atoms with Gasteiger partial charge < -0.3 is 4.40 Å². The molecule has 11 rings (SSSR count). The Kier molecular flexibility index (Phi) is 2.83. The Morgan fingerprint density at radius 1 is 0.431 bits per heavy atom. The van der Waals surface area contributed by atoms with E-state index in [1.807, 2.05) is 0 Å². The summed E-state index contributed by atoms with van der Waals surface area (Å²) in [6, 6.07) is -17.5. The summed E-state index contributed by atoms with van der Waals surface area (Å²) in [7, 11) is 0. The monoisotopic (exact) mass is 693 g/mol. The fraction of sp³-hybridized carbons (Fsp3) is 0.0217. The maximum absolute atomic E-state index is 9.88. The number of fused-ring (bicyclic) bond motifs is 9. The van der Waals surface area contributed by atoms with E-state index < -0.39 is 196 Å². The first kappa shape index (κ1) is 13.4. The molecular formula is C46H28N4S. The summed E-state index contributed by atoms with van der Waals surface area (Å²) in [5, 5.41) is -1.01. The molecule has 0 radical (unpaired) electrons. The van der Waals surface area contributed by atoms with Crippen LogP contribution < -0.4 is 0 Å². The van der Waals surface area contributed by atoms with E-state index in [1.54, 1.807) is 0 Å². The fourth-order valence-electron chi connectivity index (χ4n) is 6.13. The Labute approximate surface area is 332 Å². The topological polar surface area (TPSA) is 43.1 Å². The largest absolute Gasteiger partial charge is 0.308 e. The summed E-state index contributed by atoms with van der Waals surface area (Å²) >= 11 is 0.724. The quantitative estimate of drug-likeness (QED) is 0.184. The lowest BCUT2D eigenvalue weighted by atomic mass is 10.00. The van der Waals surface area contributed by atoms with Crippen molar-refractivity contribution >= 4 is 69.6 Å². The first-order chi connectivity index (χ1) is 35.6. The van der Waals surface area contributed by atoms with Gasteiger partial charge in [-0.1, -0.05) is 114 Å². The molecular weight excluding hydrogens is 641 g/mol. The molecule has 0 aliphatic rings. The summed E-state index contributed by atoms with van der Waals surface area (Å²) in [4.78, 5) is 13.0. The van der Waals surface area contributed by atoms with Gasteiger partial charge in [0.05, 0.1) is 50.8 Å². The Bertz CT molecular complexity index is 4460. The van der Waals surface area contributed by atoms with Gasteiger partial charge in [-0.25, -0.2) is 15.0 Å². The fourth-order valence-corrected chi connectivity index (χ4v) is 7.10. The van der Waals surface area contributed by atoms with Gasteiger partial charge in [0.25, 0.3) is 0 Å². The van der Waals surface area contributed by atoms with Crippen molar-refractivity contribution in [1.82, 2.24) is 19.4 Å². The highest BCUT2D eigenvalue weighted by Crippen LogP contribution is 2.44. The van der Waals surface area contributed by atoms with E-state index in [1.165, 1.54) is 11.3 Å². The van der Waals surface area contributed by atoms with E-state index in [2.05, 4.69) is 15.0 Å². The molecule has 51 heavy (non-hydrogen) atoms. The van der Waals surface area contributed by atoms with Crippen LogP contribution >= 0.6 is 11.3 Å². The SMILES string of the molecule is [2H]c1c([2H])c([2H])c(-c2nc(-c3c([2H])c([2H])c([2H])c(C)c3[2H])nc(-c3c([2H])c([2H])c([2H])c(-c4c([2H])c([2H])c5sc6c([2H])c7c8c([2H])c([2H])c([2H])c9c%10c([2H])c([2H])c([2H])c([2H])c%10n(c7c([2H])c6c5c4[2H])c98)c3[2H])n2)c([2H])c1[2H]. The first-order valence-electron chi connectivity index (χ1n) is 27.7. The zero-order valence-electron chi connectivity index (χ0n) is 50.7. The predicted molar refractivity (Wildman–Crippen MR) is 214 cm³/mol. The summed E-state index contributed by atoms with van der Waals surface area (Å²) in [5.74, 6) is -2.15. The molecule has 0 aliphatic heterocycles. The van der Waals surface area contributed by atoms with Crippen LogP contribution in [-0.4, -0.2) is 19.4 Å². The van der Waals surface area contributed by atoms with Gasteiger partial charge in [-0.15, -0.1) is 11.3 Å². The molecule has 7 aromatic carbocycles. The van der Waals surface area contributed by atoms with Gasteiger partial charge in [0.15, 0.2) is 17.5 Å². The number of para-hydroxylation sites is 2. The molecule has 238 valence electrons. The maximum Gasteiger partial charge on any atom is 0.164 e. The summed E-state index contributed by atoms with van der Waals surface area (Å²) in [6.07, 6.45) is 0. The lowest BCUT2D eigenvalue weighted by Gasteiger charge is -2.10. The number of hydrogen-bond acceptors (Lipinski definition) is 4. The van der Waals surface area contributed by atoms with Gasteiger partial charge in [-0.3, -0.25) is 0 Å². The van der Waals surface area contributed by atoms with E-state index in [4.69, 9.17) is 24.7 Å². The molecule has 0 aliphatic carbocycles. The molecule has 4 aromatic heterocycles. The Hall–Kier alpha value is -6.43. The van der Waals surface area contributed by atoms with Crippen molar-refractivity contribution in [3.05, 3.63) is 157 Å². The van der Waals surface area contributed by atoms with Crippen LogP contribution in [0.4, 0.5) is 0 Å². The number of hydrogen-bond donors (Lipinski definition) is 0. The molecule has 0 bridgehead atoms. The number of nitrogens with zero attached hydrogens (tertiary/aromatic N) is 4. The second-order valence-corrected chi connectivity index (χ2v) is 12.3. The second-order valence-electron chi connectivity index (χ2n) is 11.3. The Balaban J connectivity index is 1.27. The highest BCUT2D eigenvalue weighted by molar-refractivity contribution is 7.25. The smallest absolute Gasteiger partial charge is 0.164 e. The van der Waals surface area contributed by atoms with E-state index in [9.17, 15) is 9.60 Å². The van der Waals surface area contributed by atoms with E-state index in [-0.39, 0.29) is 63.8 Å². The van der Waals surface area contributed by atoms with Gasteiger partial charge in [-0.2, -0.15) is 0 Å². The van der Waals surface area contributed by atoms with Crippen LogP contribution in [0, 0.1) is 6.92 Å². The zero-order valence-corrected chi connectivity index (χ0v) is 26.5. The van der Waals surface area contributed by atoms with Crippen LogP contribution in [0.15, 0.2) is 151 Å². The number of aromatic nitrogens is 4. The standard InChI is InChI=1S/C46H28N4S/c1-27-10-7-14-31(22-27)45-47-44(28-11-3-2-4-12-28)48-46(49-45)32-15-8-13-29(23-32)30-20-21-41-37(24-30)38-25-40-36(26-42(38)51-41)35-18-9-17-34-33-16-5-6-19-39(33)50(40)43(34)35/h2-26H,1H3/i2D,3D,4D,5D,6D,7D,8D,9D,10D,11D,12D,13D,14D,15D,16D,17D,18D,19D,20D,21D,22D,23D,24D,25D,26D. The molecule has 0 unspecified atom stereocenters.